The first kappa shape index (κ1) is 31.0. The molecule has 0 unspecified atom stereocenters. The molecule has 0 spiro atoms. The molecule has 0 aromatic heterocycles. The van der Waals surface area contributed by atoms with Gasteiger partial charge in [0, 0.05) is 23.2 Å². The average Bonchev–Trinajstić information content (AvgIpc) is 2.96. The monoisotopic (exact) mass is 620 g/mol. The maximum atomic E-state index is 15.1. The zero-order valence-corrected chi connectivity index (χ0v) is 24.8. The minimum atomic E-state index is -4.31. The predicted molar refractivity (Wildman–Crippen MR) is 163 cm³/mol. The summed E-state index contributed by atoms with van der Waals surface area (Å²) >= 11 is 5.98. The molecule has 41 heavy (non-hydrogen) atoms. The van der Waals surface area contributed by atoms with Crippen LogP contribution in [-0.4, -0.2) is 39.6 Å². The third-order valence-electron chi connectivity index (χ3n) is 7.15. The van der Waals surface area contributed by atoms with Gasteiger partial charge in [-0.15, -0.1) is 12.4 Å². The van der Waals surface area contributed by atoms with Crippen molar-refractivity contribution in [2.24, 2.45) is 0 Å². The maximum absolute atomic E-state index is 15.1. The lowest BCUT2D eigenvalue weighted by Crippen LogP contribution is -2.32. The molecule has 0 amide bonds. The number of ether oxygens (including phenoxy) is 1. The highest BCUT2D eigenvalue weighted by atomic mass is 35.5. The summed E-state index contributed by atoms with van der Waals surface area (Å²) in [6.07, 6.45) is 4.51. The second-order valence-electron chi connectivity index (χ2n) is 9.97. The highest BCUT2D eigenvalue weighted by Crippen LogP contribution is 2.34. The molecule has 5 nitrogen and oxygen atoms in total. The quantitative estimate of drug-likeness (QED) is 0.169. The van der Waals surface area contributed by atoms with Crippen molar-refractivity contribution in [1.29, 1.82) is 0 Å². The number of hydrogen-bond donors (Lipinski definition) is 0. The fourth-order valence-corrected chi connectivity index (χ4v) is 6.61. The Kier molecular flexibility index (Phi) is 10.5. The van der Waals surface area contributed by atoms with Gasteiger partial charge in [0.1, 0.15) is 17.4 Å². The van der Waals surface area contributed by atoms with E-state index in [1.165, 1.54) is 43.5 Å². The minimum absolute atomic E-state index is 0. The molecule has 0 saturated carbocycles. The Hall–Kier alpha value is -2.91. The summed E-state index contributed by atoms with van der Waals surface area (Å²) < 4.78 is 64.2. The van der Waals surface area contributed by atoms with E-state index in [-0.39, 0.29) is 29.5 Å². The van der Waals surface area contributed by atoms with Crippen molar-refractivity contribution >= 4 is 50.5 Å². The number of sulfonamides is 1. The number of likely N-dealkylation sites (tertiary alicyclic amines) is 1. The van der Waals surface area contributed by atoms with Gasteiger partial charge in [0.15, 0.2) is 0 Å². The second kappa shape index (κ2) is 13.8. The molecule has 4 aromatic rings. The van der Waals surface area contributed by atoms with Crippen LogP contribution >= 0.6 is 24.0 Å². The molecular weight excluding hydrogens is 589 g/mol. The van der Waals surface area contributed by atoms with Gasteiger partial charge >= 0.3 is 0 Å². The van der Waals surface area contributed by atoms with Gasteiger partial charge in [0.25, 0.3) is 10.0 Å². The number of rotatable bonds is 10. The molecule has 0 bridgehead atoms. The Morgan fingerprint density at radius 2 is 1.56 bits per heavy atom. The van der Waals surface area contributed by atoms with Gasteiger partial charge in [-0.05, 0) is 91.7 Å². The number of nitrogens with zero attached hydrogens (tertiary/aromatic N) is 2. The molecule has 10 heteroatoms. The molecule has 1 fully saturated rings. The summed E-state index contributed by atoms with van der Waals surface area (Å²) in [6, 6.07) is 19.8. The van der Waals surface area contributed by atoms with Gasteiger partial charge in [0.2, 0.25) is 0 Å². The van der Waals surface area contributed by atoms with Crippen LogP contribution in [0, 0.1) is 11.6 Å². The fourth-order valence-electron chi connectivity index (χ4n) is 5.04. The second-order valence-corrected chi connectivity index (χ2v) is 12.3. The van der Waals surface area contributed by atoms with Crippen molar-refractivity contribution in [3.8, 4) is 5.75 Å². The zero-order valence-electron chi connectivity index (χ0n) is 22.4. The Labute approximate surface area is 251 Å². The first-order valence-electron chi connectivity index (χ1n) is 13.4. The lowest BCUT2D eigenvalue weighted by Gasteiger charge is -2.27. The summed E-state index contributed by atoms with van der Waals surface area (Å²) in [6.45, 7) is 3.29. The van der Waals surface area contributed by atoms with Crippen molar-refractivity contribution in [2.45, 2.75) is 37.1 Å². The summed E-state index contributed by atoms with van der Waals surface area (Å²) in [5.41, 5.74) is 0.150. The number of fused-ring (bicyclic) bond motifs is 1. The van der Waals surface area contributed by atoms with Crippen LogP contribution in [0.4, 0.5) is 14.5 Å². The SMILES string of the molecule is Cl.O=S(=O)(c1ccc(Cl)cc1)N(Cc1cc2ccccc2cc1OCCCN1CCCCC1)c1cc(F)ccc1F. The standard InChI is InChI=1S/C31H31ClF2N2O3S.ClH/c32-26-9-12-28(13-10-26)40(37,38)36(30-21-27(33)11-14-29(30)34)22-25-19-23-7-2-3-8-24(23)20-31(25)39-18-6-17-35-15-4-1-5-16-35;/h2-3,7-14,19-21H,1,4-6,15-18,22H2;1H. The number of piperidine rings is 1. The highest BCUT2D eigenvalue weighted by Gasteiger charge is 2.29. The number of halogens is 4. The third-order valence-corrected chi connectivity index (χ3v) is 9.17. The molecule has 1 saturated heterocycles. The van der Waals surface area contributed by atoms with Gasteiger partial charge < -0.3 is 9.64 Å². The van der Waals surface area contributed by atoms with Crippen LogP contribution in [0.15, 0.2) is 83.8 Å². The number of anilines is 1. The Morgan fingerprint density at radius 1 is 0.878 bits per heavy atom. The van der Waals surface area contributed by atoms with Gasteiger partial charge in [-0.25, -0.2) is 17.2 Å². The van der Waals surface area contributed by atoms with Crippen LogP contribution in [0.2, 0.25) is 5.02 Å². The van der Waals surface area contributed by atoms with Crippen molar-refractivity contribution in [1.82, 2.24) is 4.90 Å². The smallest absolute Gasteiger partial charge is 0.264 e. The van der Waals surface area contributed by atoms with E-state index in [0.29, 0.717) is 22.9 Å². The molecule has 1 aliphatic rings. The first-order valence-corrected chi connectivity index (χ1v) is 15.2. The fraction of sp³-hybridized carbons (Fsp3) is 0.290. The molecule has 1 heterocycles. The lowest BCUT2D eigenvalue weighted by atomic mass is 10.1. The molecule has 218 valence electrons. The molecular formula is C31H32Cl2F2N2O3S. The normalized spacial score (nSPS) is 14.0. The Morgan fingerprint density at radius 3 is 2.27 bits per heavy atom. The lowest BCUT2D eigenvalue weighted by molar-refractivity contribution is 0.204. The number of hydrogen-bond acceptors (Lipinski definition) is 4. The Bertz CT molecular complexity index is 1580. The van der Waals surface area contributed by atoms with Crippen LogP contribution < -0.4 is 9.04 Å². The topological polar surface area (TPSA) is 49.9 Å². The van der Waals surface area contributed by atoms with E-state index in [1.54, 1.807) is 0 Å². The summed E-state index contributed by atoms with van der Waals surface area (Å²) in [5, 5.41) is 2.17. The van der Waals surface area contributed by atoms with Crippen molar-refractivity contribution in [3.63, 3.8) is 0 Å². The van der Waals surface area contributed by atoms with Crippen LogP contribution in [-0.2, 0) is 16.6 Å². The van der Waals surface area contributed by atoms with Crippen LogP contribution in [0.3, 0.4) is 0 Å². The molecule has 0 atom stereocenters. The van der Waals surface area contributed by atoms with E-state index in [1.807, 2.05) is 36.4 Å². The third kappa shape index (κ3) is 7.49. The summed E-state index contributed by atoms with van der Waals surface area (Å²) in [7, 11) is -4.31. The van der Waals surface area contributed by atoms with Crippen LogP contribution in [0.1, 0.15) is 31.2 Å². The number of benzene rings is 4. The van der Waals surface area contributed by atoms with E-state index in [0.717, 1.165) is 59.3 Å². The van der Waals surface area contributed by atoms with Crippen LogP contribution in [0.25, 0.3) is 10.8 Å². The van der Waals surface area contributed by atoms with E-state index in [9.17, 15) is 12.8 Å². The zero-order chi connectivity index (χ0) is 28.1. The van der Waals surface area contributed by atoms with Gasteiger partial charge in [-0.3, -0.25) is 4.31 Å². The van der Waals surface area contributed by atoms with Gasteiger partial charge in [-0.1, -0.05) is 42.3 Å². The van der Waals surface area contributed by atoms with Crippen molar-refractivity contribution in [3.05, 3.63) is 101 Å². The highest BCUT2D eigenvalue weighted by molar-refractivity contribution is 7.92. The molecule has 0 N–H and O–H groups in total. The van der Waals surface area contributed by atoms with E-state index in [4.69, 9.17) is 16.3 Å². The van der Waals surface area contributed by atoms with Crippen molar-refractivity contribution < 1.29 is 21.9 Å². The first-order chi connectivity index (χ1) is 19.3. The molecule has 4 aromatic carbocycles. The molecule has 1 aliphatic heterocycles. The van der Waals surface area contributed by atoms with Crippen LogP contribution in [0.5, 0.6) is 5.75 Å². The van der Waals surface area contributed by atoms with Gasteiger partial charge in [0.05, 0.1) is 23.7 Å². The Balaban J connectivity index is 0.00000387. The van der Waals surface area contributed by atoms with Crippen molar-refractivity contribution in [2.75, 3.05) is 30.5 Å². The molecule has 0 radical (unpaired) electrons. The van der Waals surface area contributed by atoms with E-state index in [2.05, 4.69) is 4.90 Å². The maximum Gasteiger partial charge on any atom is 0.264 e. The molecule has 0 aliphatic carbocycles. The largest absolute Gasteiger partial charge is 0.493 e. The van der Waals surface area contributed by atoms with Gasteiger partial charge in [-0.2, -0.15) is 0 Å². The van der Waals surface area contributed by atoms with E-state index >= 15 is 4.39 Å². The predicted octanol–water partition coefficient (Wildman–Crippen LogP) is 7.84. The minimum Gasteiger partial charge on any atom is -0.493 e. The van der Waals surface area contributed by atoms with E-state index < -0.39 is 21.7 Å². The summed E-state index contributed by atoms with van der Waals surface area (Å²) in [5.74, 6) is -1.10. The molecule has 5 rings (SSSR count). The average molecular weight is 622 g/mol. The summed E-state index contributed by atoms with van der Waals surface area (Å²) in [4.78, 5) is 2.34.